The Labute approximate surface area is 166 Å². The number of hydrogen-bond donors (Lipinski definition) is 0. The summed E-state index contributed by atoms with van der Waals surface area (Å²) in [6.45, 7) is 0. The van der Waals surface area contributed by atoms with Crippen LogP contribution in [0.1, 0.15) is 0 Å². The fourth-order valence-electron chi connectivity index (χ4n) is 2.42. The second-order valence-corrected chi connectivity index (χ2v) is 8.12. The van der Waals surface area contributed by atoms with Gasteiger partial charge in [-0.1, -0.05) is 48.5 Å². The lowest BCUT2D eigenvalue weighted by molar-refractivity contribution is 1.15. The number of rotatable bonds is 2. The van der Waals surface area contributed by atoms with E-state index >= 15 is 0 Å². The van der Waals surface area contributed by atoms with Crippen LogP contribution in [0.3, 0.4) is 0 Å². The summed E-state index contributed by atoms with van der Waals surface area (Å²) >= 11 is 6.41. The molecule has 0 saturated heterocycles. The second kappa shape index (κ2) is 6.52. The molecule has 0 unspecified atom stereocenters. The van der Waals surface area contributed by atoms with Crippen LogP contribution in [0.25, 0.3) is 22.5 Å². The fourth-order valence-corrected chi connectivity index (χ4v) is 5.10. The number of hydrogen-bond acceptors (Lipinski definition) is 3. The van der Waals surface area contributed by atoms with Crippen molar-refractivity contribution in [2.75, 3.05) is 0 Å². The van der Waals surface area contributed by atoms with Crippen LogP contribution >= 0.6 is 56.9 Å². The molecule has 2 aliphatic heterocycles. The molecule has 4 aliphatic rings. The standard InChI is InChI=1S/C18H10I2N2S/c19-15-11-7-3-1-5-9-13(11)21-17(15)23-18-16(20)12-8-4-2-6-10-14(12)22-18/h1-10H. The molecule has 0 bridgehead atoms. The van der Waals surface area contributed by atoms with Crippen LogP contribution < -0.4 is 0 Å². The molecule has 0 aromatic rings. The summed E-state index contributed by atoms with van der Waals surface area (Å²) in [5, 5.41) is 2.05. The average Bonchev–Trinajstić information content (AvgIpc) is 2.84. The van der Waals surface area contributed by atoms with Gasteiger partial charge in [-0.3, -0.25) is 0 Å². The molecule has 0 spiro atoms. The molecular weight excluding hydrogens is 530 g/mol. The number of nitrogens with zero attached hydrogens (tertiary/aromatic N) is 2. The Morgan fingerprint density at radius 1 is 0.609 bits per heavy atom. The van der Waals surface area contributed by atoms with Crippen molar-refractivity contribution in [1.82, 2.24) is 9.97 Å². The SMILES string of the molecule is Ic1c2cccccc-2nc1Sc1nc2cccccc-2c1I. The molecule has 0 amide bonds. The lowest BCUT2D eigenvalue weighted by Crippen LogP contribution is -1.78. The summed E-state index contributed by atoms with van der Waals surface area (Å²) in [6.07, 6.45) is 0. The van der Waals surface area contributed by atoms with Crippen LogP contribution in [0.15, 0.2) is 70.7 Å². The predicted molar refractivity (Wildman–Crippen MR) is 111 cm³/mol. The first-order valence-electron chi connectivity index (χ1n) is 7.00. The Balaban J connectivity index is 1.81. The molecule has 0 fully saturated rings. The summed E-state index contributed by atoms with van der Waals surface area (Å²) < 4.78 is 2.37. The van der Waals surface area contributed by atoms with Crippen LogP contribution in [0.4, 0.5) is 0 Å². The predicted octanol–water partition coefficient (Wildman–Crippen LogP) is 6.05. The Morgan fingerprint density at radius 2 is 1.04 bits per heavy atom. The van der Waals surface area contributed by atoms with E-state index in [9.17, 15) is 0 Å². The molecule has 0 saturated carbocycles. The van der Waals surface area contributed by atoms with Gasteiger partial charge >= 0.3 is 0 Å². The van der Waals surface area contributed by atoms with Crippen LogP contribution in [0.5, 0.6) is 0 Å². The zero-order valence-corrected chi connectivity index (χ0v) is 17.0. The molecule has 4 rings (SSSR count). The van der Waals surface area contributed by atoms with Crippen molar-refractivity contribution in [2.24, 2.45) is 0 Å². The minimum atomic E-state index is 1.02. The third-order valence-electron chi connectivity index (χ3n) is 3.52. The fraction of sp³-hybridized carbons (Fsp3) is 0. The highest BCUT2D eigenvalue weighted by atomic mass is 127. The van der Waals surface area contributed by atoms with E-state index in [1.165, 1.54) is 18.3 Å². The highest BCUT2D eigenvalue weighted by Gasteiger charge is 2.20. The van der Waals surface area contributed by atoms with E-state index in [-0.39, 0.29) is 0 Å². The highest BCUT2D eigenvalue weighted by Crippen LogP contribution is 2.42. The van der Waals surface area contributed by atoms with Gasteiger partial charge in [-0.25, -0.2) is 9.97 Å². The van der Waals surface area contributed by atoms with Crippen molar-refractivity contribution in [3.63, 3.8) is 0 Å². The van der Waals surface area contributed by atoms with E-state index in [0.29, 0.717) is 0 Å². The van der Waals surface area contributed by atoms with Gasteiger partial charge in [0.15, 0.2) is 0 Å². The molecular formula is C18H10I2N2S. The van der Waals surface area contributed by atoms with Gasteiger partial charge in [-0.2, -0.15) is 0 Å². The summed E-state index contributed by atoms with van der Waals surface area (Å²) in [7, 11) is 0. The lowest BCUT2D eigenvalue weighted by Gasteiger charge is -1.96. The van der Waals surface area contributed by atoms with Crippen LogP contribution in [0.2, 0.25) is 0 Å². The van der Waals surface area contributed by atoms with E-state index in [0.717, 1.165) is 21.4 Å². The third-order valence-corrected chi connectivity index (χ3v) is 7.41. The second-order valence-electron chi connectivity index (χ2n) is 4.98. The molecule has 2 heterocycles. The minimum Gasteiger partial charge on any atom is -0.240 e. The summed E-state index contributed by atoms with van der Waals surface area (Å²) in [6, 6.07) is 20.6. The van der Waals surface area contributed by atoms with Crippen molar-refractivity contribution >= 4 is 56.9 Å². The molecule has 0 aromatic heterocycles. The van der Waals surface area contributed by atoms with Gasteiger partial charge < -0.3 is 0 Å². The van der Waals surface area contributed by atoms with E-state index < -0.39 is 0 Å². The first kappa shape index (κ1) is 15.6. The molecule has 0 radical (unpaired) electrons. The van der Waals surface area contributed by atoms with Gasteiger partial charge in [0, 0.05) is 11.1 Å². The third kappa shape index (κ3) is 2.94. The zero-order valence-electron chi connectivity index (χ0n) is 11.8. The smallest absolute Gasteiger partial charge is 0.117 e. The van der Waals surface area contributed by atoms with Gasteiger partial charge in [-0.15, -0.1) is 0 Å². The Hall–Kier alpha value is -0.930. The minimum absolute atomic E-state index is 1.02. The summed E-state index contributed by atoms with van der Waals surface area (Å²) in [5.74, 6) is 0. The van der Waals surface area contributed by atoms with Gasteiger partial charge in [0.2, 0.25) is 0 Å². The lowest BCUT2D eigenvalue weighted by atomic mass is 10.2. The number of fused-ring (bicyclic) bond motifs is 2. The molecule has 112 valence electrons. The molecule has 2 aliphatic carbocycles. The van der Waals surface area contributed by atoms with E-state index in [1.807, 2.05) is 24.3 Å². The summed E-state index contributed by atoms with van der Waals surface area (Å²) in [4.78, 5) is 9.57. The first-order chi connectivity index (χ1) is 11.2. The highest BCUT2D eigenvalue weighted by molar-refractivity contribution is 14.1. The van der Waals surface area contributed by atoms with Crippen LogP contribution in [0, 0.1) is 7.14 Å². The first-order valence-corrected chi connectivity index (χ1v) is 9.98. The number of halogens is 2. The van der Waals surface area contributed by atoms with Gasteiger partial charge in [0.05, 0.1) is 18.5 Å². The monoisotopic (exact) mass is 540 g/mol. The number of aromatic nitrogens is 2. The maximum atomic E-state index is 4.78. The van der Waals surface area contributed by atoms with Crippen molar-refractivity contribution in [1.29, 1.82) is 0 Å². The van der Waals surface area contributed by atoms with Gasteiger partial charge in [0.1, 0.15) is 10.1 Å². The topological polar surface area (TPSA) is 25.8 Å². The van der Waals surface area contributed by atoms with E-state index in [4.69, 9.17) is 9.97 Å². The zero-order chi connectivity index (χ0) is 15.8. The molecule has 23 heavy (non-hydrogen) atoms. The average molecular weight is 540 g/mol. The van der Waals surface area contributed by atoms with Crippen molar-refractivity contribution in [2.45, 2.75) is 10.1 Å². The quantitative estimate of drug-likeness (QED) is 0.290. The molecule has 0 N–H and O–H groups in total. The van der Waals surface area contributed by atoms with Crippen molar-refractivity contribution in [3.05, 3.63) is 67.8 Å². The van der Waals surface area contributed by atoms with Crippen LogP contribution in [-0.4, -0.2) is 9.97 Å². The van der Waals surface area contributed by atoms with Crippen LogP contribution in [-0.2, 0) is 0 Å². The molecule has 2 nitrogen and oxygen atoms in total. The maximum Gasteiger partial charge on any atom is 0.117 e. The van der Waals surface area contributed by atoms with E-state index in [1.54, 1.807) is 11.8 Å². The largest absolute Gasteiger partial charge is 0.240 e. The molecule has 5 heteroatoms. The summed E-state index contributed by atoms with van der Waals surface area (Å²) in [5.41, 5.74) is 4.44. The van der Waals surface area contributed by atoms with E-state index in [2.05, 4.69) is 81.6 Å². The van der Waals surface area contributed by atoms with Crippen molar-refractivity contribution in [3.8, 4) is 22.5 Å². The normalized spacial score (nSPS) is 11.2. The maximum absolute atomic E-state index is 4.78. The van der Waals surface area contributed by atoms with Gasteiger partial charge in [-0.05, 0) is 69.1 Å². The molecule has 0 atom stereocenters. The Bertz CT molecular complexity index is 865. The Kier molecular flexibility index (Phi) is 4.42. The molecule has 0 aromatic carbocycles. The van der Waals surface area contributed by atoms with Gasteiger partial charge in [0.25, 0.3) is 0 Å². The Morgan fingerprint density at radius 3 is 1.52 bits per heavy atom. The van der Waals surface area contributed by atoms with Crippen molar-refractivity contribution < 1.29 is 0 Å².